The van der Waals surface area contributed by atoms with Gasteiger partial charge in [-0.25, -0.2) is 15.0 Å². The number of halogens is 3. The van der Waals surface area contributed by atoms with E-state index in [-0.39, 0.29) is 17.4 Å². The summed E-state index contributed by atoms with van der Waals surface area (Å²) in [6.45, 7) is 2.57. The Labute approximate surface area is 245 Å². The molecular weight excluding hydrogens is 553 g/mol. The van der Waals surface area contributed by atoms with Crippen molar-refractivity contribution < 1.29 is 13.2 Å². The van der Waals surface area contributed by atoms with Gasteiger partial charge in [0.25, 0.3) is 0 Å². The van der Waals surface area contributed by atoms with Crippen molar-refractivity contribution in [3.8, 4) is 33.9 Å². The van der Waals surface area contributed by atoms with Crippen LogP contribution in [-0.4, -0.2) is 52.5 Å². The van der Waals surface area contributed by atoms with E-state index in [9.17, 15) is 13.2 Å². The number of pyridine rings is 1. The van der Waals surface area contributed by atoms with Gasteiger partial charge in [-0.1, -0.05) is 54.6 Å². The van der Waals surface area contributed by atoms with Gasteiger partial charge in [-0.15, -0.1) is 0 Å². The number of hydrogen-bond donors (Lipinski definition) is 1. The van der Waals surface area contributed by atoms with Gasteiger partial charge in [0.2, 0.25) is 0 Å². The van der Waals surface area contributed by atoms with Crippen LogP contribution in [-0.2, 0) is 12.7 Å². The van der Waals surface area contributed by atoms with Crippen molar-refractivity contribution in [1.82, 2.24) is 39.4 Å². The van der Waals surface area contributed by atoms with E-state index in [4.69, 9.17) is 4.98 Å². The summed E-state index contributed by atoms with van der Waals surface area (Å²) in [7, 11) is 0. The Morgan fingerprint density at radius 1 is 0.860 bits per heavy atom. The molecule has 2 aromatic carbocycles. The minimum atomic E-state index is -4.44. The monoisotopic (exact) mass is 580 g/mol. The summed E-state index contributed by atoms with van der Waals surface area (Å²) < 4.78 is 41.2. The number of nitrogens with zero attached hydrogens (tertiary/aromatic N) is 7. The molecule has 1 fully saturated rings. The van der Waals surface area contributed by atoms with Gasteiger partial charge in [0.1, 0.15) is 23.5 Å². The quantitative estimate of drug-likeness (QED) is 0.238. The fourth-order valence-corrected chi connectivity index (χ4v) is 5.67. The molecule has 0 amide bonds. The van der Waals surface area contributed by atoms with Gasteiger partial charge in [0.05, 0.1) is 16.8 Å². The Balaban J connectivity index is 1.02. The molecule has 0 atom stereocenters. The van der Waals surface area contributed by atoms with E-state index >= 15 is 0 Å². The van der Waals surface area contributed by atoms with Gasteiger partial charge in [0.15, 0.2) is 5.82 Å². The van der Waals surface area contributed by atoms with E-state index in [1.54, 1.807) is 12.5 Å². The topological polar surface area (TPSA) is 87.9 Å². The second-order valence-corrected chi connectivity index (χ2v) is 10.7. The molecule has 0 bridgehead atoms. The van der Waals surface area contributed by atoms with Crippen LogP contribution in [0.4, 0.5) is 13.2 Å². The van der Waals surface area contributed by atoms with E-state index in [1.165, 1.54) is 5.56 Å². The van der Waals surface area contributed by atoms with Crippen molar-refractivity contribution in [2.45, 2.75) is 31.5 Å². The van der Waals surface area contributed by atoms with Gasteiger partial charge in [-0.05, 0) is 49.2 Å². The SMILES string of the molecule is FC(F)(F)c1ccnc(-c2n[nH]c(C3CCN(Cc4ccc(-c5ncn6ccnc6c5-c5ccccc5)cc4)CC3)n2)c1. The molecule has 43 heavy (non-hydrogen) atoms. The number of alkyl halides is 3. The zero-order valence-electron chi connectivity index (χ0n) is 23.0. The van der Waals surface area contributed by atoms with Crippen LogP contribution in [0.25, 0.3) is 39.5 Å². The third-order valence-electron chi connectivity index (χ3n) is 7.93. The zero-order valence-corrected chi connectivity index (χ0v) is 23.0. The largest absolute Gasteiger partial charge is 0.416 e. The van der Waals surface area contributed by atoms with Crippen LogP contribution in [0.1, 0.15) is 35.7 Å². The molecule has 0 spiro atoms. The molecule has 7 rings (SSSR count). The first kappa shape index (κ1) is 27.0. The van der Waals surface area contributed by atoms with Crippen LogP contribution in [0, 0.1) is 0 Å². The molecule has 216 valence electrons. The number of hydrogen-bond acceptors (Lipinski definition) is 6. The smallest absolute Gasteiger partial charge is 0.299 e. The van der Waals surface area contributed by atoms with Crippen molar-refractivity contribution in [2.24, 2.45) is 0 Å². The first-order valence-electron chi connectivity index (χ1n) is 14.1. The van der Waals surface area contributed by atoms with E-state index in [2.05, 4.69) is 66.4 Å². The Morgan fingerprint density at radius 2 is 1.65 bits per heavy atom. The highest BCUT2D eigenvalue weighted by atomic mass is 19.4. The number of aromatic nitrogens is 7. The third-order valence-corrected chi connectivity index (χ3v) is 7.93. The molecule has 5 heterocycles. The highest BCUT2D eigenvalue weighted by Gasteiger charge is 2.31. The van der Waals surface area contributed by atoms with Gasteiger partial charge in [-0.3, -0.25) is 19.4 Å². The van der Waals surface area contributed by atoms with Crippen LogP contribution in [0.2, 0.25) is 0 Å². The maximum atomic E-state index is 13.1. The first-order chi connectivity index (χ1) is 20.9. The highest BCUT2D eigenvalue weighted by molar-refractivity contribution is 5.89. The Kier molecular flexibility index (Phi) is 6.94. The summed E-state index contributed by atoms with van der Waals surface area (Å²) in [6, 6.07) is 20.7. The lowest BCUT2D eigenvalue weighted by atomic mass is 9.95. The summed E-state index contributed by atoms with van der Waals surface area (Å²) in [6.07, 6.45) is 3.93. The lowest BCUT2D eigenvalue weighted by Crippen LogP contribution is -2.32. The van der Waals surface area contributed by atoms with Crippen molar-refractivity contribution in [2.75, 3.05) is 13.1 Å². The predicted molar refractivity (Wildman–Crippen MR) is 156 cm³/mol. The molecule has 1 N–H and O–H groups in total. The average molecular weight is 581 g/mol. The van der Waals surface area contributed by atoms with E-state index in [0.29, 0.717) is 5.82 Å². The molecule has 1 aliphatic heterocycles. The van der Waals surface area contributed by atoms with Gasteiger partial charge in [0, 0.05) is 36.6 Å². The summed E-state index contributed by atoms with van der Waals surface area (Å²) in [5.74, 6) is 1.03. The molecule has 0 saturated carbocycles. The average Bonchev–Trinajstić information content (AvgIpc) is 3.72. The fourth-order valence-electron chi connectivity index (χ4n) is 5.67. The molecule has 8 nitrogen and oxygen atoms in total. The number of piperidine rings is 1. The van der Waals surface area contributed by atoms with Gasteiger partial charge in [-0.2, -0.15) is 18.3 Å². The number of rotatable bonds is 6. The van der Waals surface area contributed by atoms with Crippen LogP contribution in [0.15, 0.2) is 91.6 Å². The maximum Gasteiger partial charge on any atom is 0.416 e. The summed E-state index contributed by atoms with van der Waals surface area (Å²) >= 11 is 0. The number of H-pyrrole nitrogens is 1. The van der Waals surface area contributed by atoms with Crippen LogP contribution >= 0.6 is 0 Å². The van der Waals surface area contributed by atoms with E-state index < -0.39 is 11.7 Å². The lowest BCUT2D eigenvalue weighted by molar-refractivity contribution is -0.137. The third kappa shape index (κ3) is 5.51. The number of benzene rings is 2. The summed E-state index contributed by atoms with van der Waals surface area (Å²) in [5, 5.41) is 7.09. The van der Waals surface area contributed by atoms with Crippen molar-refractivity contribution >= 4 is 5.65 Å². The van der Waals surface area contributed by atoms with Crippen LogP contribution < -0.4 is 0 Å². The number of fused-ring (bicyclic) bond motifs is 1. The minimum absolute atomic E-state index is 0.106. The lowest BCUT2D eigenvalue weighted by Gasteiger charge is -2.31. The Hall–Kier alpha value is -4.90. The fraction of sp³-hybridized carbons (Fsp3) is 0.219. The molecule has 4 aromatic heterocycles. The number of aromatic amines is 1. The van der Waals surface area contributed by atoms with Gasteiger partial charge >= 0.3 is 6.18 Å². The van der Waals surface area contributed by atoms with Crippen LogP contribution in [0.5, 0.6) is 0 Å². The van der Waals surface area contributed by atoms with Gasteiger partial charge < -0.3 is 0 Å². The van der Waals surface area contributed by atoms with Crippen molar-refractivity contribution in [3.05, 3.63) is 109 Å². The highest BCUT2D eigenvalue weighted by Crippen LogP contribution is 2.34. The number of likely N-dealkylation sites (tertiary alicyclic amines) is 1. The molecule has 1 saturated heterocycles. The second-order valence-electron chi connectivity index (χ2n) is 10.7. The first-order valence-corrected chi connectivity index (χ1v) is 14.1. The summed E-state index contributed by atoms with van der Waals surface area (Å²) in [4.78, 5) is 20.3. The zero-order chi connectivity index (χ0) is 29.4. The van der Waals surface area contributed by atoms with Crippen molar-refractivity contribution in [3.63, 3.8) is 0 Å². The molecule has 0 aliphatic carbocycles. The normalized spacial score (nSPS) is 14.9. The Morgan fingerprint density at radius 3 is 2.42 bits per heavy atom. The Bertz CT molecular complexity index is 1850. The van der Waals surface area contributed by atoms with E-state index in [1.807, 2.05) is 28.8 Å². The second kappa shape index (κ2) is 11.1. The standard InChI is InChI=1S/C32H27F3N8/c33-32(34,35)25-10-13-36-26(18-25)30-39-29(40-41-30)24-11-15-42(16-12-24)19-21-6-8-23(9-7-21)28-27(22-4-2-1-3-5-22)31-37-14-17-43(31)20-38-28/h1-10,13-14,17-18,20,24H,11-12,15-16,19H2,(H,39,40,41). The molecule has 0 unspecified atom stereocenters. The van der Waals surface area contributed by atoms with E-state index in [0.717, 1.165) is 78.8 Å². The number of nitrogens with one attached hydrogen (secondary N) is 1. The molecule has 1 aliphatic rings. The summed E-state index contributed by atoms with van der Waals surface area (Å²) in [5.41, 5.74) is 5.41. The van der Waals surface area contributed by atoms with Crippen molar-refractivity contribution in [1.29, 1.82) is 0 Å². The predicted octanol–water partition coefficient (Wildman–Crippen LogP) is 6.64. The maximum absolute atomic E-state index is 13.1. The van der Waals surface area contributed by atoms with Crippen LogP contribution in [0.3, 0.4) is 0 Å². The molecule has 11 heteroatoms. The minimum Gasteiger partial charge on any atom is -0.299 e. The molecular formula is C32H27F3N8. The molecule has 0 radical (unpaired) electrons. The molecule has 6 aromatic rings. The number of imidazole rings is 1.